The number of aromatic nitrogens is 2. The van der Waals surface area contributed by atoms with Gasteiger partial charge in [-0.2, -0.15) is 0 Å². The normalized spacial score (nSPS) is 25.9. The summed E-state index contributed by atoms with van der Waals surface area (Å²) >= 11 is 0. The number of fused-ring (bicyclic) bond motifs is 1. The molecule has 6 heteroatoms. The molecule has 0 aromatic carbocycles. The molecule has 1 aliphatic heterocycles. The third-order valence-corrected chi connectivity index (χ3v) is 6.16. The molecule has 1 saturated heterocycles. The van der Waals surface area contributed by atoms with Crippen molar-refractivity contribution in [2.24, 2.45) is 5.41 Å². The summed E-state index contributed by atoms with van der Waals surface area (Å²) in [6.07, 6.45) is 6.96. The summed E-state index contributed by atoms with van der Waals surface area (Å²) in [6.45, 7) is 3.20. The van der Waals surface area contributed by atoms with Crippen LogP contribution >= 0.6 is 0 Å². The molecule has 2 aromatic heterocycles. The first kappa shape index (κ1) is 17.2. The quantitative estimate of drug-likeness (QED) is 0.830. The van der Waals surface area contributed by atoms with E-state index < -0.39 is 0 Å². The molecule has 0 N–H and O–H groups in total. The van der Waals surface area contributed by atoms with Crippen LogP contribution in [0.2, 0.25) is 0 Å². The van der Waals surface area contributed by atoms with Crippen molar-refractivity contribution in [3.63, 3.8) is 0 Å². The van der Waals surface area contributed by atoms with E-state index in [1.54, 1.807) is 13.2 Å². The molecule has 0 radical (unpaired) electrons. The summed E-state index contributed by atoms with van der Waals surface area (Å²) in [6, 6.07) is 5.49. The molecule has 1 spiro atoms. The van der Waals surface area contributed by atoms with Crippen LogP contribution in [0, 0.1) is 12.3 Å². The SMILES string of the molecule is CO[C@@H]1CCC[C@@]12CCCN(C(=O)c1cnc3cccc(C)n3c1=O)C2. The first-order valence-corrected chi connectivity index (χ1v) is 9.35. The van der Waals surface area contributed by atoms with E-state index in [1.807, 2.05) is 24.0 Å². The maximum absolute atomic E-state index is 13.1. The number of aryl methyl sites for hydroxylation is 1. The molecular weight excluding hydrogens is 330 g/mol. The summed E-state index contributed by atoms with van der Waals surface area (Å²) in [4.78, 5) is 32.2. The van der Waals surface area contributed by atoms with Gasteiger partial charge in [-0.25, -0.2) is 4.98 Å². The van der Waals surface area contributed by atoms with E-state index in [4.69, 9.17) is 4.74 Å². The number of ether oxygens (including phenoxy) is 1. The number of carbonyl (C=O) groups is 1. The van der Waals surface area contributed by atoms with E-state index in [-0.39, 0.29) is 28.5 Å². The van der Waals surface area contributed by atoms with Crippen molar-refractivity contribution in [1.82, 2.24) is 14.3 Å². The van der Waals surface area contributed by atoms with Gasteiger partial charge in [-0.3, -0.25) is 14.0 Å². The molecular formula is C20H25N3O3. The zero-order valence-electron chi connectivity index (χ0n) is 15.4. The molecule has 2 atom stereocenters. The van der Waals surface area contributed by atoms with Gasteiger partial charge in [0.1, 0.15) is 11.2 Å². The summed E-state index contributed by atoms with van der Waals surface area (Å²) in [5.74, 6) is -0.207. The van der Waals surface area contributed by atoms with Crippen molar-refractivity contribution < 1.29 is 9.53 Å². The second-order valence-corrected chi connectivity index (χ2v) is 7.65. The van der Waals surface area contributed by atoms with Crippen LogP contribution in [0.15, 0.2) is 29.2 Å². The Balaban J connectivity index is 1.68. The number of rotatable bonds is 2. The highest BCUT2D eigenvalue weighted by atomic mass is 16.5. The maximum Gasteiger partial charge on any atom is 0.270 e. The number of likely N-dealkylation sites (tertiary alicyclic amines) is 1. The van der Waals surface area contributed by atoms with Gasteiger partial charge in [0.25, 0.3) is 11.5 Å². The second kappa shape index (κ2) is 6.50. The maximum atomic E-state index is 13.1. The molecule has 0 bridgehead atoms. The largest absolute Gasteiger partial charge is 0.381 e. The summed E-state index contributed by atoms with van der Waals surface area (Å²) in [7, 11) is 1.76. The van der Waals surface area contributed by atoms with Crippen LogP contribution in [0.5, 0.6) is 0 Å². The van der Waals surface area contributed by atoms with Gasteiger partial charge in [-0.15, -0.1) is 0 Å². The summed E-state index contributed by atoms with van der Waals surface area (Å²) in [5, 5.41) is 0. The Bertz CT molecular complexity index is 907. The standard InChI is InChI=1S/C20H25N3O3/c1-14-6-3-8-17-21-12-15(19(25)23(14)17)18(24)22-11-5-10-20(13-22)9-4-7-16(20)26-2/h3,6,8,12,16H,4-5,7,9-11,13H2,1-2H3/t16-,20+/m1/s1. The van der Waals surface area contributed by atoms with E-state index in [2.05, 4.69) is 4.98 Å². The van der Waals surface area contributed by atoms with Gasteiger partial charge in [0.2, 0.25) is 0 Å². The molecule has 2 aliphatic rings. The van der Waals surface area contributed by atoms with Gasteiger partial charge in [0, 0.05) is 37.5 Å². The zero-order chi connectivity index (χ0) is 18.3. The lowest BCUT2D eigenvalue weighted by Gasteiger charge is -2.43. The molecule has 26 heavy (non-hydrogen) atoms. The fraction of sp³-hybridized carbons (Fsp3) is 0.550. The van der Waals surface area contributed by atoms with Crippen LogP contribution < -0.4 is 5.56 Å². The van der Waals surface area contributed by atoms with Gasteiger partial charge in [0.05, 0.1) is 6.10 Å². The Morgan fingerprint density at radius 1 is 1.31 bits per heavy atom. The lowest BCUT2D eigenvalue weighted by molar-refractivity contribution is -0.0295. The van der Waals surface area contributed by atoms with E-state index >= 15 is 0 Å². The molecule has 3 heterocycles. The minimum atomic E-state index is -0.285. The van der Waals surface area contributed by atoms with Gasteiger partial charge in [-0.05, 0) is 44.7 Å². The van der Waals surface area contributed by atoms with Crippen LogP contribution in [0.1, 0.15) is 48.2 Å². The average molecular weight is 355 g/mol. The number of piperidine rings is 1. The molecule has 1 aliphatic carbocycles. The zero-order valence-corrected chi connectivity index (χ0v) is 15.4. The predicted molar refractivity (Wildman–Crippen MR) is 98.4 cm³/mol. The van der Waals surface area contributed by atoms with Crippen LogP contribution in [-0.4, -0.2) is 46.5 Å². The van der Waals surface area contributed by atoms with Crippen molar-refractivity contribution in [2.45, 2.75) is 45.1 Å². The number of methoxy groups -OCH3 is 1. The number of hydrogen-bond donors (Lipinski definition) is 0. The Morgan fingerprint density at radius 3 is 2.92 bits per heavy atom. The van der Waals surface area contributed by atoms with Crippen LogP contribution in [-0.2, 0) is 4.74 Å². The van der Waals surface area contributed by atoms with Crippen LogP contribution in [0.25, 0.3) is 5.65 Å². The highest BCUT2D eigenvalue weighted by Crippen LogP contribution is 2.46. The third kappa shape index (κ3) is 2.63. The summed E-state index contributed by atoms with van der Waals surface area (Å²) < 4.78 is 7.23. The first-order valence-electron chi connectivity index (χ1n) is 9.35. The number of pyridine rings is 1. The Labute approximate surface area is 152 Å². The van der Waals surface area contributed by atoms with E-state index in [1.165, 1.54) is 10.6 Å². The molecule has 138 valence electrons. The molecule has 2 aromatic rings. The molecule has 1 amide bonds. The van der Waals surface area contributed by atoms with Gasteiger partial charge < -0.3 is 9.64 Å². The van der Waals surface area contributed by atoms with Crippen molar-refractivity contribution in [3.8, 4) is 0 Å². The van der Waals surface area contributed by atoms with Crippen molar-refractivity contribution in [2.75, 3.05) is 20.2 Å². The summed E-state index contributed by atoms with van der Waals surface area (Å²) in [5.41, 5.74) is 1.25. The Kier molecular flexibility index (Phi) is 4.31. The highest BCUT2D eigenvalue weighted by molar-refractivity contribution is 5.94. The molecule has 0 unspecified atom stereocenters. The molecule has 2 fully saturated rings. The van der Waals surface area contributed by atoms with E-state index in [0.717, 1.165) is 37.8 Å². The number of amides is 1. The van der Waals surface area contributed by atoms with Gasteiger partial charge in [-0.1, -0.05) is 12.5 Å². The number of nitrogens with zero attached hydrogens (tertiary/aromatic N) is 3. The topological polar surface area (TPSA) is 63.9 Å². The Hall–Kier alpha value is -2.21. The van der Waals surface area contributed by atoms with Crippen LogP contribution in [0.4, 0.5) is 0 Å². The van der Waals surface area contributed by atoms with Gasteiger partial charge in [0.15, 0.2) is 0 Å². The smallest absolute Gasteiger partial charge is 0.270 e. The number of hydrogen-bond acceptors (Lipinski definition) is 4. The van der Waals surface area contributed by atoms with Crippen molar-refractivity contribution in [1.29, 1.82) is 0 Å². The average Bonchev–Trinajstić information content (AvgIpc) is 3.03. The minimum absolute atomic E-state index is 0.0407. The lowest BCUT2D eigenvalue weighted by Crippen LogP contribution is -2.50. The van der Waals surface area contributed by atoms with Crippen molar-refractivity contribution >= 4 is 11.6 Å². The van der Waals surface area contributed by atoms with Crippen molar-refractivity contribution in [3.05, 3.63) is 46.0 Å². The fourth-order valence-corrected chi connectivity index (χ4v) is 4.87. The third-order valence-electron chi connectivity index (χ3n) is 6.16. The molecule has 1 saturated carbocycles. The second-order valence-electron chi connectivity index (χ2n) is 7.65. The molecule has 4 rings (SSSR count). The van der Waals surface area contributed by atoms with Gasteiger partial charge >= 0.3 is 0 Å². The number of carbonyl (C=O) groups excluding carboxylic acids is 1. The van der Waals surface area contributed by atoms with E-state index in [0.29, 0.717) is 18.7 Å². The fourth-order valence-electron chi connectivity index (χ4n) is 4.87. The van der Waals surface area contributed by atoms with E-state index in [9.17, 15) is 9.59 Å². The lowest BCUT2D eigenvalue weighted by atomic mass is 9.76. The predicted octanol–water partition coefficient (Wildman–Crippen LogP) is 2.42. The monoisotopic (exact) mass is 355 g/mol. The minimum Gasteiger partial charge on any atom is -0.381 e. The highest BCUT2D eigenvalue weighted by Gasteiger charge is 2.46. The first-order chi connectivity index (χ1) is 12.6. The Morgan fingerprint density at radius 2 is 2.12 bits per heavy atom. The van der Waals surface area contributed by atoms with Crippen LogP contribution in [0.3, 0.4) is 0 Å². The molecule has 6 nitrogen and oxygen atoms in total.